The van der Waals surface area contributed by atoms with Crippen molar-refractivity contribution in [1.29, 1.82) is 0 Å². The van der Waals surface area contributed by atoms with Crippen LogP contribution in [-0.2, 0) is 4.79 Å². The predicted molar refractivity (Wildman–Crippen MR) is 132 cm³/mol. The summed E-state index contributed by atoms with van der Waals surface area (Å²) in [5, 5.41) is 20.5. The molecule has 1 aliphatic heterocycles. The van der Waals surface area contributed by atoms with Gasteiger partial charge < -0.3 is 15.7 Å². The third-order valence-corrected chi connectivity index (χ3v) is 6.57. The summed E-state index contributed by atoms with van der Waals surface area (Å²) in [6.45, 7) is 4.07. The molecule has 1 aliphatic carbocycles. The van der Waals surface area contributed by atoms with Crippen molar-refractivity contribution >= 4 is 40.8 Å². The lowest BCUT2D eigenvalue weighted by molar-refractivity contribution is -0.118. The van der Waals surface area contributed by atoms with E-state index in [1.165, 1.54) is 18.3 Å². The Balaban J connectivity index is 1.58. The summed E-state index contributed by atoms with van der Waals surface area (Å²) in [7, 11) is 0. The normalized spacial score (nSPS) is 18.4. The Hall–Kier alpha value is -3.91. The molecule has 3 N–H and O–H groups in total. The monoisotopic (exact) mass is 490 g/mol. The van der Waals surface area contributed by atoms with E-state index in [1.54, 1.807) is 41.1 Å². The highest BCUT2D eigenvalue weighted by molar-refractivity contribution is 6.30. The largest absolute Gasteiger partial charge is 0.478 e. The zero-order valence-electron chi connectivity index (χ0n) is 19.1. The summed E-state index contributed by atoms with van der Waals surface area (Å²) in [6.07, 6.45) is 2.49. The van der Waals surface area contributed by atoms with Crippen LogP contribution < -0.4 is 10.6 Å². The third kappa shape index (κ3) is 4.21. The maximum Gasteiger partial charge on any atom is 0.335 e. The minimum atomic E-state index is -1.03. The number of carbonyl (C=O) groups is 3. The number of carbonyl (C=O) groups excluding carboxylic acids is 2. The fourth-order valence-electron chi connectivity index (χ4n) is 4.72. The quantitative estimate of drug-likeness (QED) is 0.466. The number of rotatable bonds is 4. The first-order valence-corrected chi connectivity index (χ1v) is 11.5. The number of amides is 1. The van der Waals surface area contributed by atoms with Crippen LogP contribution in [0.4, 0.5) is 11.5 Å². The van der Waals surface area contributed by atoms with Crippen LogP contribution in [0.2, 0.25) is 5.02 Å². The van der Waals surface area contributed by atoms with Crippen molar-refractivity contribution < 1.29 is 19.5 Å². The number of allylic oxidation sites excluding steroid dienone is 2. The van der Waals surface area contributed by atoms with Crippen molar-refractivity contribution in [2.45, 2.75) is 32.7 Å². The smallest absolute Gasteiger partial charge is 0.335 e. The van der Waals surface area contributed by atoms with Crippen LogP contribution >= 0.6 is 11.6 Å². The second-order valence-corrected chi connectivity index (χ2v) is 10.0. The zero-order valence-corrected chi connectivity index (χ0v) is 19.9. The molecule has 1 amide bonds. The highest BCUT2D eigenvalue weighted by Gasteiger charge is 2.42. The number of aromatic nitrogens is 2. The van der Waals surface area contributed by atoms with Crippen LogP contribution in [-0.4, -0.2) is 32.5 Å². The van der Waals surface area contributed by atoms with Gasteiger partial charge in [0.1, 0.15) is 17.4 Å². The van der Waals surface area contributed by atoms with E-state index in [1.807, 2.05) is 13.8 Å². The van der Waals surface area contributed by atoms with Gasteiger partial charge in [-0.2, -0.15) is 5.10 Å². The van der Waals surface area contributed by atoms with Gasteiger partial charge in [0.15, 0.2) is 5.78 Å². The number of nitrogens with zero attached hydrogens (tertiary/aromatic N) is 2. The lowest BCUT2D eigenvalue weighted by Gasteiger charge is -2.39. The molecule has 2 aliphatic rings. The second-order valence-electron chi connectivity index (χ2n) is 9.60. The summed E-state index contributed by atoms with van der Waals surface area (Å²) in [4.78, 5) is 37.8. The van der Waals surface area contributed by atoms with Gasteiger partial charge in [-0.25, -0.2) is 9.48 Å². The van der Waals surface area contributed by atoms with Crippen molar-refractivity contribution in [2.24, 2.45) is 5.41 Å². The Morgan fingerprint density at radius 2 is 1.80 bits per heavy atom. The van der Waals surface area contributed by atoms with Gasteiger partial charge in [-0.3, -0.25) is 9.59 Å². The molecular formula is C26H23ClN4O4. The molecule has 1 atom stereocenters. The Morgan fingerprint density at radius 3 is 2.46 bits per heavy atom. The molecule has 2 aromatic carbocycles. The molecule has 0 saturated heterocycles. The Bertz CT molecular complexity index is 1390. The lowest BCUT2D eigenvalue weighted by Crippen LogP contribution is -2.37. The maximum atomic E-state index is 13.3. The summed E-state index contributed by atoms with van der Waals surface area (Å²) < 4.78 is 1.63. The Labute approximate surface area is 206 Å². The number of fused-ring (bicyclic) bond motifs is 1. The van der Waals surface area contributed by atoms with E-state index in [-0.39, 0.29) is 22.7 Å². The number of ketones is 1. The van der Waals surface area contributed by atoms with Crippen LogP contribution in [0.25, 0.3) is 0 Å². The van der Waals surface area contributed by atoms with Crippen molar-refractivity contribution in [1.82, 2.24) is 9.78 Å². The summed E-state index contributed by atoms with van der Waals surface area (Å²) >= 11 is 5.94. The third-order valence-electron chi connectivity index (χ3n) is 6.32. The molecule has 2 heterocycles. The Morgan fingerprint density at radius 1 is 1.11 bits per heavy atom. The molecule has 3 aromatic rings. The van der Waals surface area contributed by atoms with Crippen LogP contribution in [0, 0.1) is 5.41 Å². The summed E-state index contributed by atoms with van der Waals surface area (Å²) in [5.74, 6) is -0.901. The maximum absolute atomic E-state index is 13.3. The molecule has 0 spiro atoms. The predicted octanol–water partition coefficient (Wildman–Crippen LogP) is 5.15. The molecule has 8 nitrogen and oxygen atoms in total. The number of hydrogen-bond donors (Lipinski definition) is 3. The van der Waals surface area contributed by atoms with E-state index in [4.69, 9.17) is 11.6 Å². The van der Waals surface area contributed by atoms with Crippen LogP contribution in [0.15, 0.2) is 66.0 Å². The molecule has 5 rings (SSSR count). The summed E-state index contributed by atoms with van der Waals surface area (Å²) in [6, 6.07) is 12.6. The molecule has 0 saturated carbocycles. The van der Waals surface area contributed by atoms with E-state index >= 15 is 0 Å². The number of nitrogens with one attached hydrogen (secondary N) is 2. The Kier molecular flexibility index (Phi) is 5.48. The first-order valence-electron chi connectivity index (χ1n) is 11.1. The van der Waals surface area contributed by atoms with Gasteiger partial charge in [0.05, 0.1) is 11.8 Å². The molecule has 0 radical (unpaired) electrons. The van der Waals surface area contributed by atoms with Crippen molar-refractivity contribution in [3.63, 3.8) is 0 Å². The minimum absolute atomic E-state index is 0.00405. The molecule has 178 valence electrons. The topological polar surface area (TPSA) is 113 Å². The number of benzene rings is 2. The molecular weight excluding hydrogens is 468 g/mol. The number of halogens is 1. The van der Waals surface area contributed by atoms with E-state index < -0.39 is 12.0 Å². The van der Waals surface area contributed by atoms with Gasteiger partial charge in [-0.15, -0.1) is 0 Å². The van der Waals surface area contributed by atoms with E-state index in [0.717, 1.165) is 5.70 Å². The molecule has 0 bridgehead atoms. The van der Waals surface area contributed by atoms with Gasteiger partial charge >= 0.3 is 5.97 Å². The van der Waals surface area contributed by atoms with Gasteiger partial charge in [0.2, 0.25) is 0 Å². The molecule has 1 aromatic heterocycles. The number of hydrogen-bond acceptors (Lipinski definition) is 5. The number of Topliss-reactive ketones (excluding diaryl/α,β-unsaturated/α-hetero) is 1. The van der Waals surface area contributed by atoms with E-state index in [0.29, 0.717) is 46.1 Å². The lowest BCUT2D eigenvalue weighted by atomic mass is 9.73. The van der Waals surface area contributed by atoms with E-state index in [9.17, 15) is 19.5 Å². The van der Waals surface area contributed by atoms with Crippen molar-refractivity contribution in [2.75, 3.05) is 10.6 Å². The molecule has 0 unspecified atom stereocenters. The average Bonchev–Trinajstić information content (AvgIpc) is 3.22. The van der Waals surface area contributed by atoms with E-state index in [2.05, 4.69) is 15.7 Å². The van der Waals surface area contributed by atoms with Crippen LogP contribution in [0.1, 0.15) is 59.0 Å². The van der Waals surface area contributed by atoms with Gasteiger partial charge in [-0.05, 0) is 53.8 Å². The van der Waals surface area contributed by atoms with Crippen LogP contribution in [0.3, 0.4) is 0 Å². The second kappa shape index (κ2) is 8.39. The number of carboxylic acids is 1. The van der Waals surface area contributed by atoms with Gasteiger partial charge in [0, 0.05) is 28.4 Å². The first-order chi connectivity index (χ1) is 16.6. The standard InChI is InChI=1S/C26H23ClN4O4/c1-26(2)11-19-21(20(32)12-26)22(14-3-5-15(6-4-14)25(34)35)31-23(30-19)18(13-28-31)24(33)29-17-9-7-16(27)8-10-17/h3-10,13,22,30H,11-12H2,1-2H3,(H,29,33)(H,34,35)/t22-/m1/s1. The SMILES string of the molecule is CC1(C)CC(=O)C2=C(C1)Nc1c(C(=O)Nc3ccc(Cl)cc3)cnn1[C@@H]2c1ccc(C(=O)O)cc1. The van der Waals surface area contributed by atoms with Gasteiger partial charge in [-0.1, -0.05) is 37.6 Å². The first kappa shape index (κ1) is 22.9. The number of carboxylic acid groups (broad SMARTS) is 1. The number of anilines is 2. The molecule has 0 fully saturated rings. The zero-order chi connectivity index (χ0) is 24.9. The fourth-order valence-corrected chi connectivity index (χ4v) is 4.85. The number of aromatic carboxylic acids is 1. The summed E-state index contributed by atoms with van der Waals surface area (Å²) in [5.41, 5.74) is 2.89. The fraction of sp³-hybridized carbons (Fsp3) is 0.231. The van der Waals surface area contributed by atoms with Crippen molar-refractivity contribution in [3.05, 3.63) is 87.7 Å². The van der Waals surface area contributed by atoms with Crippen molar-refractivity contribution in [3.8, 4) is 0 Å². The van der Waals surface area contributed by atoms with Crippen LogP contribution in [0.5, 0.6) is 0 Å². The highest BCUT2D eigenvalue weighted by Crippen LogP contribution is 2.46. The molecule has 9 heteroatoms. The minimum Gasteiger partial charge on any atom is -0.478 e. The van der Waals surface area contributed by atoms with Gasteiger partial charge in [0.25, 0.3) is 5.91 Å². The average molecular weight is 491 g/mol. The molecule has 35 heavy (non-hydrogen) atoms. The highest BCUT2D eigenvalue weighted by atomic mass is 35.5.